The number of nitriles is 1. The molecule has 2 rings (SSSR count). The highest BCUT2D eigenvalue weighted by Gasteiger charge is 2.14. The van der Waals surface area contributed by atoms with Gasteiger partial charge in [-0.15, -0.1) is 10.2 Å². The van der Waals surface area contributed by atoms with Crippen molar-refractivity contribution in [3.63, 3.8) is 0 Å². The smallest absolute Gasteiger partial charge is 0.268 e. The van der Waals surface area contributed by atoms with Crippen molar-refractivity contribution in [2.45, 2.75) is 26.7 Å². The fourth-order valence-electron chi connectivity index (χ4n) is 1.74. The molecule has 0 aliphatic heterocycles. The van der Waals surface area contributed by atoms with E-state index < -0.39 is 5.91 Å². The Labute approximate surface area is 133 Å². The first-order chi connectivity index (χ1) is 10.5. The van der Waals surface area contributed by atoms with Gasteiger partial charge in [-0.3, -0.25) is 10.1 Å². The van der Waals surface area contributed by atoms with E-state index in [1.807, 2.05) is 51.1 Å². The lowest BCUT2D eigenvalue weighted by Gasteiger charge is -2.02. The van der Waals surface area contributed by atoms with Crippen LogP contribution >= 0.6 is 11.3 Å². The summed E-state index contributed by atoms with van der Waals surface area (Å²) in [5.41, 5.74) is 1.88. The Bertz CT molecular complexity index is 756. The monoisotopic (exact) mass is 312 g/mol. The van der Waals surface area contributed by atoms with Crippen LogP contribution in [0, 0.1) is 18.3 Å². The zero-order valence-electron chi connectivity index (χ0n) is 12.6. The van der Waals surface area contributed by atoms with Gasteiger partial charge in [0.2, 0.25) is 5.13 Å². The maximum Gasteiger partial charge on any atom is 0.268 e. The number of nitrogens with zero attached hydrogens (tertiary/aromatic N) is 3. The van der Waals surface area contributed by atoms with Gasteiger partial charge in [0.05, 0.1) is 0 Å². The van der Waals surface area contributed by atoms with E-state index in [1.54, 1.807) is 6.08 Å². The Hall–Kier alpha value is -2.52. The van der Waals surface area contributed by atoms with Crippen LogP contribution in [0.15, 0.2) is 29.8 Å². The van der Waals surface area contributed by atoms with Crippen LogP contribution in [0.25, 0.3) is 6.08 Å². The molecule has 112 valence electrons. The summed E-state index contributed by atoms with van der Waals surface area (Å²) >= 11 is 1.32. The summed E-state index contributed by atoms with van der Waals surface area (Å²) in [5, 5.41) is 21.0. The molecule has 22 heavy (non-hydrogen) atoms. The largest absolute Gasteiger partial charge is 0.296 e. The number of hydrogen-bond donors (Lipinski definition) is 1. The first kappa shape index (κ1) is 15.9. The Morgan fingerprint density at radius 1 is 1.36 bits per heavy atom. The van der Waals surface area contributed by atoms with Crippen LogP contribution in [0.3, 0.4) is 0 Å². The number of rotatable bonds is 4. The van der Waals surface area contributed by atoms with Crippen molar-refractivity contribution < 1.29 is 4.79 Å². The van der Waals surface area contributed by atoms with Crippen LogP contribution in [-0.2, 0) is 4.79 Å². The Balaban J connectivity index is 2.19. The molecule has 0 fully saturated rings. The predicted octanol–water partition coefficient (Wildman–Crippen LogP) is 3.52. The third-order valence-electron chi connectivity index (χ3n) is 3.01. The van der Waals surface area contributed by atoms with E-state index in [4.69, 9.17) is 0 Å². The average molecular weight is 312 g/mol. The van der Waals surface area contributed by atoms with Gasteiger partial charge in [-0.25, -0.2) is 0 Å². The van der Waals surface area contributed by atoms with Crippen molar-refractivity contribution in [3.05, 3.63) is 46.0 Å². The second kappa shape index (κ2) is 6.96. The fraction of sp³-hybridized carbons (Fsp3) is 0.250. The molecule has 0 radical (unpaired) electrons. The lowest BCUT2D eigenvalue weighted by atomic mass is 10.1. The molecule has 0 aliphatic rings. The molecule has 1 heterocycles. The summed E-state index contributed by atoms with van der Waals surface area (Å²) in [4.78, 5) is 12.2. The molecule has 0 saturated heterocycles. The van der Waals surface area contributed by atoms with E-state index >= 15 is 0 Å². The summed E-state index contributed by atoms with van der Waals surface area (Å²) in [7, 11) is 0. The molecule has 6 heteroatoms. The van der Waals surface area contributed by atoms with Crippen molar-refractivity contribution in [3.8, 4) is 6.07 Å². The Morgan fingerprint density at radius 2 is 2.09 bits per heavy atom. The number of hydrogen-bond acceptors (Lipinski definition) is 5. The van der Waals surface area contributed by atoms with Gasteiger partial charge in [-0.1, -0.05) is 49.4 Å². The molecule has 0 atom stereocenters. The van der Waals surface area contributed by atoms with Gasteiger partial charge in [0, 0.05) is 5.92 Å². The zero-order valence-corrected chi connectivity index (χ0v) is 13.4. The van der Waals surface area contributed by atoms with E-state index in [2.05, 4.69) is 15.5 Å². The molecule has 2 aromatic rings. The second-order valence-electron chi connectivity index (χ2n) is 5.08. The standard InChI is InChI=1S/C16H16N4OS/c1-10(2)15-19-20-16(22-15)18-14(21)13(9-17)8-12-7-5-4-6-11(12)3/h4-8,10H,1-3H3,(H,18,20,21)/b13-8-. The highest BCUT2D eigenvalue weighted by molar-refractivity contribution is 7.15. The summed E-state index contributed by atoms with van der Waals surface area (Å²) in [6.45, 7) is 5.94. The molecule has 1 amide bonds. The van der Waals surface area contributed by atoms with Crippen LogP contribution in [0.5, 0.6) is 0 Å². The number of aromatic nitrogens is 2. The van der Waals surface area contributed by atoms with Crippen LogP contribution in [0.1, 0.15) is 35.9 Å². The summed E-state index contributed by atoms with van der Waals surface area (Å²) in [6.07, 6.45) is 1.58. The highest BCUT2D eigenvalue weighted by Crippen LogP contribution is 2.23. The van der Waals surface area contributed by atoms with E-state index in [-0.39, 0.29) is 11.5 Å². The van der Waals surface area contributed by atoms with Crippen LogP contribution in [0.2, 0.25) is 0 Å². The highest BCUT2D eigenvalue weighted by atomic mass is 32.1. The maximum absolute atomic E-state index is 12.2. The number of amides is 1. The SMILES string of the molecule is Cc1ccccc1/C=C(/C#N)C(=O)Nc1nnc(C(C)C)s1. The molecular weight excluding hydrogens is 296 g/mol. The van der Waals surface area contributed by atoms with Crippen LogP contribution < -0.4 is 5.32 Å². The third-order valence-corrected chi connectivity index (χ3v) is 4.15. The molecule has 1 N–H and O–H groups in total. The fourth-order valence-corrected chi connectivity index (χ4v) is 2.48. The summed E-state index contributed by atoms with van der Waals surface area (Å²) in [6, 6.07) is 9.50. The minimum Gasteiger partial charge on any atom is -0.296 e. The van der Waals surface area contributed by atoms with E-state index in [0.29, 0.717) is 5.13 Å². The number of nitrogens with one attached hydrogen (secondary N) is 1. The van der Waals surface area contributed by atoms with E-state index in [0.717, 1.165) is 16.1 Å². The number of anilines is 1. The average Bonchev–Trinajstić information content (AvgIpc) is 2.95. The number of aryl methyl sites for hydroxylation is 1. The molecule has 1 aromatic heterocycles. The van der Waals surface area contributed by atoms with Crippen molar-refractivity contribution >= 4 is 28.5 Å². The minimum absolute atomic E-state index is 0.0376. The molecule has 0 saturated carbocycles. The van der Waals surface area contributed by atoms with Gasteiger partial charge in [-0.05, 0) is 24.1 Å². The van der Waals surface area contributed by atoms with Gasteiger partial charge in [-0.2, -0.15) is 5.26 Å². The van der Waals surface area contributed by atoms with Gasteiger partial charge >= 0.3 is 0 Å². The zero-order chi connectivity index (χ0) is 16.1. The summed E-state index contributed by atoms with van der Waals surface area (Å²) < 4.78 is 0. The minimum atomic E-state index is -0.475. The number of carbonyl (C=O) groups excluding carboxylic acids is 1. The molecule has 0 bridgehead atoms. The first-order valence-corrected chi connectivity index (χ1v) is 7.65. The van der Waals surface area contributed by atoms with Crippen LogP contribution in [-0.4, -0.2) is 16.1 Å². The first-order valence-electron chi connectivity index (χ1n) is 6.83. The van der Waals surface area contributed by atoms with E-state index in [9.17, 15) is 10.1 Å². The van der Waals surface area contributed by atoms with Crippen molar-refractivity contribution in [1.29, 1.82) is 5.26 Å². The maximum atomic E-state index is 12.2. The molecule has 0 spiro atoms. The van der Waals surface area contributed by atoms with Gasteiger partial charge < -0.3 is 0 Å². The topological polar surface area (TPSA) is 78.7 Å². The Kier molecular flexibility index (Phi) is 5.02. The van der Waals surface area contributed by atoms with Crippen molar-refractivity contribution in [2.75, 3.05) is 5.32 Å². The number of carbonyl (C=O) groups is 1. The lowest BCUT2D eigenvalue weighted by molar-refractivity contribution is -0.112. The van der Waals surface area contributed by atoms with Crippen molar-refractivity contribution in [2.24, 2.45) is 0 Å². The molecular formula is C16H16N4OS. The quantitative estimate of drug-likeness (QED) is 0.692. The molecule has 0 aliphatic carbocycles. The van der Waals surface area contributed by atoms with Crippen molar-refractivity contribution in [1.82, 2.24) is 10.2 Å². The van der Waals surface area contributed by atoms with Crippen LogP contribution in [0.4, 0.5) is 5.13 Å². The normalized spacial score (nSPS) is 11.3. The molecule has 0 unspecified atom stereocenters. The summed E-state index contributed by atoms with van der Waals surface area (Å²) in [5.74, 6) is -0.224. The lowest BCUT2D eigenvalue weighted by Crippen LogP contribution is -2.13. The van der Waals surface area contributed by atoms with Gasteiger partial charge in [0.1, 0.15) is 16.6 Å². The van der Waals surface area contributed by atoms with Gasteiger partial charge in [0.25, 0.3) is 5.91 Å². The third kappa shape index (κ3) is 3.77. The number of benzene rings is 1. The molecule has 1 aromatic carbocycles. The molecule has 5 nitrogen and oxygen atoms in total. The van der Waals surface area contributed by atoms with Gasteiger partial charge in [0.15, 0.2) is 0 Å². The second-order valence-corrected chi connectivity index (χ2v) is 6.09. The predicted molar refractivity (Wildman–Crippen MR) is 87.4 cm³/mol. The van der Waals surface area contributed by atoms with E-state index in [1.165, 1.54) is 11.3 Å². The Morgan fingerprint density at radius 3 is 2.68 bits per heavy atom.